The highest BCUT2D eigenvalue weighted by atomic mass is 14.3. The fourth-order valence-electron chi connectivity index (χ4n) is 6.37. The summed E-state index contributed by atoms with van der Waals surface area (Å²) in [4.78, 5) is 0. The second kappa shape index (κ2) is 27.0. The van der Waals surface area contributed by atoms with E-state index in [9.17, 15) is 0 Å². The number of hydrogen-bond acceptors (Lipinski definition) is 0. The Kier molecular flexibility index (Phi) is 30.5. The van der Waals surface area contributed by atoms with Crippen LogP contribution in [0, 0.1) is 47.3 Å². The van der Waals surface area contributed by atoms with E-state index in [1.807, 2.05) is 13.8 Å². The predicted octanol–water partition coefficient (Wildman–Crippen LogP) is 13.2. The van der Waals surface area contributed by atoms with E-state index >= 15 is 0 Å². The minimum absolute atomic E-state index is 0.859. The standard InChI is InChI=1S/C19H40.C14H30.C2H6/c1-7-12-18(10-4)17(6)14-11-15-19(13-8-2)16(5)9-3;1-7-12(6)14(9-3)13(8-2)10-11(4)5;1-2/h16-19H,7-15H2,1-6H3;11-14H,7-10H2,1-6H3;1-2H3. The van der Waals surface area contributed by atoms with Gasteiger partial charge < -0.3 is 0 Å². The molecule has 0 saturated carbocycles. The fourth-order valence-corrected chi connectivity index (χ4v) is 6.37. The van der Waals surface area contributed by atoms with Crippen LogP contribution in [0.2, 0.25) is 0 Å². The SMILES string of the molecule is CC.CCC(C)C(CC)C(CC)CC(C)C.CCCC(CC)C(C)CCCC(CCC)C(C)CC. The Balaban J connectivity index is -0.000000568. The largest absolute Gasteiger partial charge is 0.0683 e. The Morgan fingerprint density at radius 2 is 0.914 bits per heavy atom. The summed E-state index contributed by atoms with van der Waals surface area (Å²) in [7, 11) is 0. The van der Waals surface area contributed by atoms with Gasteiger partial charge in [0.25, 0.3) is 0 Å². The first-order chi connectivity index (χ1) is 16.7. The molecule has 0 heteroatoms. The topological polar surface area (TPSA) is 0 Å². The van der Waals surface area contributed by atoms with E-state index in [2.05, 4.69) is 83.1 Å². The quantitative estimate of drug-likeness (QED) is 0.167. The molecule has 0 rings (SSSR count). The van der Waals surface area contributed by atoms with Crippen molar-refractivity contribution in [3.05, 3.63) is 0 Å². The van der Waals surface area contributed by atoms with Crippen LogP contribution in [-0.4, -0.2) is 0 Å². The van der Waals surface area contributed by atoms with Gasteiger partial charge in [0.15, 0.2) is 0 Å². The smallest absolute Gasteiger partial charge is 0.0363 e. The van der Waals surface area contributed by atoms with E-state index in [4.69, 9.17) is 0 Å². The van der Waals surface area contributed by atoms with Crippen LogP contribution in [0.1, 0.15) is 180 Å². The molecule has 0 N–H and O–H groups in total. The Morgan fingerprint density at radius 3 is 1.29 bits per heavy atom. The van der Waals surface area contributed by atoms with E-state index in [1.54, 1.807) is 0 Å². The molecular formula is C35H76. The molecule has 0 heterocycles. The zero-order valence-corrected chi connectivity index (χ0v) is 27.8. The Bertz CT molecular complexity index is 383. The van der Waals surface area contributed by atoms with E-state index in [-0.39, 0.29) is 0 Å². The van der Waals surface area contributed by atoms with E-state index in [0.717, 1.165) is 47.3 Å². The molecule has 0 saturated heterocycles. The molecule has 0 aliphatic carbocycles. The molecule has 216 valence electrons. The van der Waals surface area contributed by atoms with Crippen molar-refractivity contribution < 1.29 is 0 Å². The Labute approximate surface area is 227 Å². The van der Waals surface area contributed by atoms with E-state index in [0.29, 0.717) is 0 Å². The lowest BCUT2D eigenvalue weighted by atomic mass is 9.75. The summed E-state index contributed by atoms with van der Waals surface area (Å²) in [5.74, 6) is 7.48. The van der Waals surface area contributed by atoms with Crippen molar-refractivity contribution in [2.45, 2.75) is 180 Å². The molecular weight excluding hydrogens is 420 g/mol. The van der Waals surface area contributed by atoms with Gasteiger partial charge in [-0.3, -0.25) is 0 Å². The molecule has 0 aliphatic heterocycles. The van der Waals surface area contributed by atoms with Gasteiger partial charge in [-0.2, -0.15) is 0 Å². The second-order valence-corrected chi connectivity index (χ2v) is 12.1. The van der Waals surface area contributed by atoms with Gasteiger partial charge in [-0.05, 0) is 53.8 Å². The number of hydrogen-bond donors (Lipinski definition) is 0. The maximum absolute atomic E-state index is 2.49. The Hall–Kier alpha value is 0. The van der Waals surface area contributed by atoms with Gasteiger partial charge >= 0.3 is 0 Å². The molecule has 0 aromatic heterocycles. The van der Waals surface area contributed by atoms with Gasteiger partial charge in [-0.15, -0.1) is 0 Å². The van der Waals surface area contributed by atoms with E-state index < -0.39 is 0 Å². The van der Waals surface area contributed by atoms with Crippen molar-refractivity contribution in [1.29, 1.82) is 0 Å². The van der Waals surface area contributed by atoms with Crippen LogP contribution < -0.4 is 0 Å². The van der Waals surface area contributed by atoms with Gasteiger partial charge in [0.1, 0.15) is 0 Å². The van der Waals surface area contributed by atoms with Gasteiger partial charge in [-0.25, -0.2) is 0 Å². The summed E-state index contributed by atoms with van der Waals surface area (Å²) >= 11 is 0. The molecule has 0 bridgehead atoms. The first-order valence-corrected chi connectivity index (χ1v) is 16.7. The summed E-state index contributed by atoms with van der Waals surface area (Å²) < 4.78 is 0. The predicted molar refractivity (Wildman–Crippen MR) is 167 cm³/mol. The summed E-state index contributed by atoms with van der Waals surface area (Å²) in [6.07, 6.45) is 18.2. The normalized spacial score (nSPS) is 17.2. The number of rotatable bonds is 19. The van der Waals surface area contributed by atoms with Crippen LogP contribution in [0.15, 0.2) is 0 Å². The first-order valence-electron chi connectivity index (χ1n) is 16.7. The third-order valence-corrected chi connectivity index (χ3v) is 9.08. The Morgan fingerprint density at radius 1 is 0.429 bits per heavy atom. The fraction of sp³-hybridized carbons (Fsp3) is 1.00. The molecule has 0 aliphatic rings. The van der Waals surface area contributed by atoms with Crippen molar-refractivity contribution in [1.82, 2.24) is 0 Å². The van der Waals surface area contributed by atoms with Crippen molar-refractivity contribution in [3.63, 3.8) is 0 Å². The molecule has 35 heavy (non-hydrogen) atoms. The van der Waals surface area contributed by atoms with Gasteiger partial charge in [0.2, 0.25) is 0 Å². The second-order valence-electron chi connectivity index (χ2n) is 12.1. The van der Waals surface area contributed by atoms with Gasteiger partial charge in [0, 0.05) is 0 Å². The molecule has 0 fully saturated rings. The summed E-state index contributed by atoms with van der Waals surface area (Å²) in [6, 6.07) is 0. The third kappa shape index (κ3) is 19.7. The van der Waals surface area contributed by atoms with Gasteiger partial charge in [-0.1, -0.05) is 174 Å². The minimum atomic E-state index is 0.859. The summed E-state index contributed by atoms with van der Waals surface area (Å²) in [5.41, 5.74) is 0. The van der Waals surface area contributed by atoms with Crippen LogP contribution in [0.25, 0.3) is 0 Å². The lowest BCUT2D eigenvalue weighted by molar-refractivity contribution is 0.192. The molecule has 7 unspecified atom stereocenters. The third-order valence-electron chi connectivity index (χ3n) is 9.08. The van der Waals surface area contributed by atoms with Crippen LogP contribution in [0.3, 0.4) is 0 Å². The zero-order valence-electron chi connectivity index (χ0n) is 27.8. The first kappa shape index (κ1) is 39.5. The van der Waals surface area contributed by atoms with E-state index in [1.165, 1.54) is 83.5 Å². The van der Waals surface area contributed by atoms with Crippen LogP contribution in [-0.2, 0) is 0 Å². The summed E-state index contributed by atoms with van der Waals surface area (Å²) in [6.45, 7) is 32.5. The van der Waals surface area contributed by atoms with Crippen molar-refractivity contribution in [2.24, 2.45) is 47.3 Å². The van der Waals surface area contributed by atoms with Crippen LogP contribution >= 0.6 is 0 Å². The molecule has 0 nitrogen and oxygen atoms in total. The molecule has 7 atom stereocenters. The van der Waals surface area contributed by atoms with Gasteiger partial charge in [0.05, 0.1) is 0 Å². The minimum Gasteiger partial charge on any atom is -0.0683 e. The lowest BCUT2D eigenvalue weighted by Crippen LogP contribution is -2.22. The van der Waals surface area contributed by atoms with Crippen LogP contribution in [0.4, 0.5) is 0 Å². The molecule has 0 aromatic rings. The average Bonchev–Trinajstić information content (AvgIpc) is 2.86. The average molecular weight is 497 g/mol. The monoisotopic (exact) mass is 497 g/mol. The van der Waals surface area contributed by atoms with Crippen molar-refractivity contribution in [2.75, 3.05) is 0 Å². The van der Waals surface area contributed by atoms with Crippen molar-refractivity contribution in [3.8, 4) is 0 Å². The molecule has 0 spiro atoms. The lowest BCUT2D eigenvalue weighted by Gasteiger charge is -2.31. The molecule has 0 aromatic carbocycles. The molecule has 0 amide bonds. The highest BCUT2D eigenvalue weighted by Crippen LogP contribution is 2.33. The van der Waals surface area contributed by atoms with Crippen LogP contribution in [0.5, 0.6) is 0 Å². The highest BCUT2D eigenvalue weighted by Gasteiger charge is 2.23. The maximum Gasteiger partial charge on any atom is -0.0363 e. The summed E-state index contributed by atoms with van der Waals surface area (Å²) in [5, 5.41) is 0. The van der Waals surface area contributed by atoms with Crippen molar-refractivity contribution >= 4 is 0 Å². The molecule has 0 radical (unpaired) electrons. The maximum atomic E-state index is 2.49. The highest BCUT2D eigenvalue weighted by molar-refractivity contribution is 4.74. The zero-order chi connectivity index (χ0) is 27.8.